The van der Waals surface area contributed by atoms with Crippen LogP contribution in [0.1, 0.15) is 213 Å². The third-order valence-corrected chi connectivity index (χ3v) is 8.26. The van der Waals surface area contributed by atoms with Crippen molar-refractivity contribution in [3.63, 3.8) is 0 Å². The minimum Gasteiger partial charge on any atom is -0.314 e. The first-order chi connectivity index (χ1) is 17.8. The van der Waals surface area contributed by atoms with Crippen molar-refractivity contribution in [2.45, 2.75) is 219 Å². The lowest BCUT2D eigenvalue weighted by Crippen LogP contribution is -2.26. The van der Waals surface area contributed by atoms with Gasteiger partial charge in [-0.15, -0.1) is 24.0 Å². The van der Waals surface area contributed by atoms with Crippen LogP contribution in [0.15, 0.2) is 0 Å². The predicted octanol–water partition coefficient (Wildman–Crippen LogP) is 13.3. The van der Waals surface area contributed by atoms with Crippen LogP contribution in [0.2, 0.25) is 0 Å². The van der Waals surface area contributed by atoms with Gasteiger partial charge >= 0.3 is 0 Å². The number of halogens is 1. The number of unbranched alkanes of at least 4 members (excludes halogenated alkanes) is 27. The molecule has 1 nitrogen and oxygen atoms in total. The lowest BCUT2D eigenvalue weighted by atomic mass is 10.0. The van der Waals surface area contributed by atoms with Gasteiger partial charge in [-0.1, -0.05) is 194 Å². The van der Waals surface area contributed by atoms with Gasteiger partial charge in [0.25, 0.3) is 0 Å². The van der Waals surface area contributed by atoms with Crippen molar-refractivity contribution in [2.24, 2.45) is 0 Å². The van der Waals surface area contributed by atoms with E-state index in [0.29, 0.717) is 0 Å². The highest BCUT2D eigenvalue weighted by atomic mass is 127. The molecule has 0 aromatic rings. The topological polar surface area (TPSA) is 12.0 Å². The Labute approximate surface area is 254 Å². The van der Waals surface area contributed by atoms with E-state index < -0.39 is 0 Å². The first kappa shape index (κ1) is 39.8. The van der Waals surface area contributed by atoms with Crippen LogP contribution in [-0.2, 0) is 0 Å². The Bertz CT molecular complexity index is 372. The monoisotopic (exact) mass is 635 g/mol. The molecule has 0 bridgehead atoms. The molecule has 0 amide bonds. The van der Waals surface area contributed by atoms with Crippen LogP contribution in [0.4, 0.5) is 0 Å². The first-order valence-electron chi connectivity index (χ1n) is 17.5. The van der Waals surface area contributed by atoms with Gasteiger partial charge in [-0.25, -0.2) is 0 Å². The first-order valence-corrected chi connectivity index (χ1v) is 17.5. The van der Waals surface area contributed by atoms with Crippen molar-refractivity contribution >= 4 is 24.0 Å². The van der Waals surface area contributed by atoms with Crippen molar-refractivity contribution in [1.29, 1.82) is 0 Å². The van der Waals surface area contributed by atoms with E-state index in [1.165, 1.54) is 199 Å². The molecule has 0 saturated carbocycles. The average molecular weight is 636 g/mol. The van der Waals surface area contributed by atoms with Crippen LogP contribution in [0.5, 0.6) is 0 Å². The maximum absolute atomic E-state index is 3.77. The van der Waals surface area contributed by atoms with Gasteiger partial charge < -0.3 is 5.32 Å². The molecule has 1 atom stereocenters. The van der Waals surface area contributed by atoms with E-state index in [-0.39, 0.29) is 24.0 Å². The molecular formula is C35H74IN. The summed E-state index contributed by atoms with van der Waals surface area (Å²) in [6.07, 6.45) is 43.6. The summed E-state index contributed by atoms with van der Waals surface area (Å²) in [7, 11) is 0. The van der Waals surface area contributed by atoms with Gasteiger partial charge in [0.2, 0.25) is 0 Å². The highest BCUT2D eigenvalue weighted by Crippen LogP contribution is 2.15. The lowest BCUT2D eigenvalue weighted by Gasteiger charge is -2.13. The molecule has 0 aromatic carbocycles. The SMILES string of the molecule is CCCCCCCCCCCCCCCCCCCCNC(C)CCCCCCCCCCCCC.I. The van der Waals surface area contributed by atoms with Crippen molar-refractivity contribution < 1.29 is 0 Å². The molecule has 0 rings (SSSR count). The third kappa shape index (κ3) is 36.7. The highest BCUT2D eigenvalue weighted by molar-refractivity contribution is 14.0. The van der Waals surface area contributed by atoms with E-state index in [1.807, 2.05) is 0 Å². The Morgan fingerprint density at radius 1 is 0.351 bits per heavy atom. The molecule has 0 radical (unpaired) electrons. The van der Waals surface area contributed by atoms with E-state index in [4.69, 9.17) is 0 Å². The third-order valence-electron chi connectivity index (χ3n) is 8.26. The maximum atomic E-state index is 3.77. The van der Waals surface area contributed by atoms with E-state index >= 15 is 0 Å². The Hall–Kier alpha value is 0.690. The van der Waals surface area contributed by atoms with Gasteiger partial charge in [-0.2, -0.15) is 0 Å². The smallest absolute Gasteiger partial charge is 0.00387 e. The zero-order valence-electron chi connectivity index (χ0n) is 26.4. The van der Waals surface area contributed by atoms with Crippen LogP contribution in [0.25, 0.3) is 0 Å². The van der Waals surface area contributed by atoms with Crippen LogP contribution < -0.4 is 5.32 Å². The molecule has 226 valence electrons. The Morgan fingerprint density at radius 2 is 0.595 bits per heavy atom. The molecule has 0 heterocycles. The molecule has 37 heavy (non-hydrogen) atoms. The Morgan fingerprint density at radius 3 is 0.892 bits per heavy atom. The van der Waals surface area contributed by atoms with Gasteiger partial charge in [0.1, 0.15) is 0 Å². The molecule has 0 aromatic heterocycles. The van der Waals surface area contributed by atoms with Crippen LogP contribution in [0.3, 0.4) is 0 Å². The fraction of sp³-hybridized carbons (Fsp3) is 1.00. The fourth-order valence-corrected chi connectivity index (χ4v) is 5.59. The zero-order chi connectivity index (χ0) is 26.2. The second-order valence-corrected chi connectivity index (χ2v) is 12.2. The van der Waals surface area contributed by atoms with Gasteiger partial charge in [-0.3, -0.25) is 0 Å². The van der Waals surface area contributed by atoms with Crippen molar-refractivity contribution in [3.05, 3.63) is 0 Å². The zero-order valence-corrected chi connectivity index (χ0v) is 28.7. The van der Waals surface area contributed by atoms with E-state index in [9.17, 15) is 0 Å². The summed E-state index contributed by atoms with van der Waals surface area (Å²) in [5.74, 6) is 0. The maximum Gasteiger partial charge on any atom is 0.00387 e. The van der Waals surface area contributed by atoms with Crippen molar-refractivity contribution in [2.75, 3.05) is 6.54 Å². The second-order valence-electron chi connectivity index (χ2n) is 12.2. The summed E-state index contributed by atoms with van der Waals surface area (Å²) in [5, 5.41) is 3.77. The van der Waals surface area contributed by atoms with Crippen molar-refractivity contribution in [3.8, 4) is 0 Å². The Balaban J connectivity index is 0. The molecule has 1 unspecified atom stereocenters. The summed E-state index contributed by atoms with van der Waals surface area (Å²) in [4.78, 5) is 0. The van der Waals surface area contributed by atoms with E-state index in [0.717, 1.165) is 6.04 Å². The van der Waals surface area contributed by atoms with Gasteiger partial charge in [0.15, 0.2) is 0 Å². The molecule has 0 aliphatic heterocycles. The van der Waals surface area contributed by atoms with E-state index in [1.54, 1.807) is 0 Å². The molecule has 0 aliphatic carbocycles. The molecule has 0 spiro atoms. The largest absolute Gasteiger partial charge is 0.314 e. The predicted molar refractivity (Wildman–Crippen MR) is 183 cm³/mol. The van der Waals surface area contributed by atoms with Crippen LogP contribution in [-0.4, -0.2) is 12.6 Å². The highest BCUT2D eigenvalue weighted by Gasteiger charge is 2.01. The van der Waals surface area contributed by atoms with E-state index in [2.05, 4.69) is 26.1 Å². The summed E-state index contributed by atoms with van der Waals surface area (Å²) in [5.41, 5.74) is 0. The Kier molecular flexibility index (Phi) is 39.5. The normalized spacial score (nSPS) is 12.1. The molecule has 0 aliphatic rings. The molecular weight excluding hydrogens is 561 g/mol. The van der Waals surface area contributed by atoms with Crippen LogP contribution >= 0.6 is 24.0 Å². The minimum absolute atomic E-state index is 0. The molecule has 1 N–H and O–H groups in total. The molecule has 0 fully saturated rings. The summed E-state index contributed by atoms with van der Waals surface area (Å²) >= 11 is 0. The standard InChI is InChI=1S/C35H73N.HI/c1-4-6-8-10-12-14-16-17-18-19-20-21-22-24-26-28-30-32-34-36-35(3)33-31-29-27-25-23-15-13-11-9-7-5-2;/h35-36H,4-34H2,1-3H3;1H. The molecule has 0 saturated heterocycles. The number of hydrogen-bond donors (Lipinski definition) is 1. The quantitative estimate of drug-likeness (QED) is 0.0573. The number of nitrogens with one attached hydrogen (secondary N) is 1. The van der Waals surface area contributed by atoms with Gasteiger partial charge in [0, 0.05) is 6.04 Å². The fourth-order valence-electron chi connectivity index (χ4n) is 5.59. The lowest BCUT2D eigenvalue weighted by molar-refractivity contribution is 0.462. The minimum atomic E-state index is 0. The molecule has 2 heteroatoms. The number of hydrogen-bond acceptors (Lipinski definition) is 1. The average Bonchev–Trinajstić information content (AvgIpc) is 2.88. The van der Waals surface area contributed by atoms with Gasteiger partial charge in [-0.05, 0) is 26.3 Å². The summed E-state index contributed by atoms with van der Waals surface area (Å²) in [6, 6.07) is 0.717. The summed E-state index contributed by atoms with van der Waals surface area (Å²) in [6.45, 7) is 8.24. The second kappa shape index (κ2) is 36.7. The van der Waals surface area contributed by atoms with Crippen LogP contribution in [0, 0.1) is 0 Å². The van der Waals surface area contributed by atoms with Gasteiger partial charge in [0.05, 0.1) is 0 Å². The summed E-state index contributed by atoms with van der Waals surface area (Å²) < 4.78 is 0. The van der Waals surface area contributed by atoms with Crippen molar-refractivity contribution in [1.82, 2.24) is 5.32 Å². The number of rotatable bonds is 32.